The van der Waals surface area contributed by atoms with Gasteiger partial charge in [0.25, 0.3) is 5.89 Å². The van der Waals surface area contributed by atoms with Crippen molar-refractivity contribution < 1.29 is 27.4 Å². The fraction of sp³-hybridized carbons (Fsp3) is 0.613. The van der Waals surface area contributed by atoms with Gasteiger partial charge in [-0.1, -0.05) is 22.4 Å². The number of benzene rings is 1. The van der Waals surface area contributed by atoms with Gasteiger partial charge in [-0.3, -0.25) is 4.79 Å². The summed E-state index contributed by atoms with van der Waals surface area (Å²) in [7, 11) is 0. The Hall–Kier alpha value is -3.14. The van der Waals surface area contributed by atoms with Crippen molar-refractivity contribution in [3.63, 3.8) is 0 Å². The van der Waals surface area contributed by atoms with Crippen LogP contribution in [-0.2, 0) is 15.1 Å². The van der Waals surface area contributed by atoms with Crippen molar-refractivity contribution in [2.75, 3.05) is 18.1 Å². The van der Waals surface area contributed by atoms with Crippen molar-refractivity contribution in [3.05, 3.63) is 47.8 Å². The van der Waals surface area contributed by atoms with Gasteiger partial charge >= 0.3 is 0 Å². The Labute approximate surface area is 236 Å². The Morgan fingerprint density at radius 2 is 1.76 bits per heavy atom. The number of anilines is 1. The molecule has 6 aliphatic rings. The number of fused-ring (bicyclic) bond motifs is 3. The van der Waals surface area contributed by atoms with Crippen LogP contribution in [0, 0.1) is 11.3 Å². The highest BCUT2D eigenvalue weighted by atomic mass is 19.3. The van der Waals surface area contributed by atoms with E-state index < -0.39 is 11.5 Å². The van der Waals surface area contributed by atoms with Gasteiger partial charge in [0.05, 0.1) is 6.61 Å². The molecule has 1 amide bonds. The number of ether oxygens (including phenoxy) is 1. The summed E-state index contributed by atoms with van der Waals surface area (Å²) >= 11 is 0. The van der Waals surface area contributed by atoms with Crippen LogP contribution in [0.4, 0.5) is 14.5 Å². The van der Waals surface area contributed by atoms with Gasteiger partial charge in [0.15, 0.2) is 5.82 Å². The quantitative estimate of drug-likeness (QED) is 0.284. The summed E-state index contributed by atoms with van der Waals surface area (Å²) in [6.07, 6.45) is 7.34. The van der Waals surface area contributed by atoms with Crippen molar-refractivity contribution in [1.82, 2.24) is 15.3 Å². The second kappa shape index (κ2) is 9.18. The minimum absolute atomic E-state index is 0.114. The maximum absolute atomic E-state index is 13.8. The zero-order chi connectivity index (χ0) is 27.8. The maximum Gasteiger partial charge on any atom is 0.258 e. The zero-order valence-corrected chi connectivity index (χ0v) is 23.0. The number of aromatic nitrogens is 3. The third kappa shape index (κ3) is 4.77. The maximum atomic E-state index is 13.8. The molecule has 3 aromatic rings. The van der Waals surface area contributed by atoms with Crippen LogP contribution in [0.1, 0.15) is 99.9 Å². The fourth-order valence-electron chi connectivity index (χ4n) is 6.93. The van der Waals surface area contributed by atoms with Crippen molar-refractivity contribution in [2.45, 2.75) is 94.0 Å². The molecule has 8 nitrogen and oxygen atoms in total. The molecule has 1 aromatic carbocycles. The summed E-state index contributed by atoms with van der Waals surface area (Å²) in [6.45, 7) is 0.949. The molecule has 6 fully saturated rings. The van der Waals surface area contributed by atoms with Crippen LogP contribution in [0.15, 0.2) is 39.4 Å². The first-order valence-electron chi connectivity index (χ1n) is 15.0. The normalized spacial score (nSPS) is 28.9. The first kappa shape index (κ1) is 25.6. The summed E-state index contributed by atoms with van der Waals surface area (Å²) in [5.41, 5.74) is 1.57. The molecule has 2 saturated heterocycles. The number of rotatable bonds is 9. The lowest BCUT2D eigenvalue weighted by molar-refractivity contribution is -0.198. The second-order valence-electron chi connectivity index (χ2n) is 13.3. The number of hydrogen-bond acceptors (Lipinski definition) is 7. The first-order valence-corrected chi connectivity index (χ1v) is 15.0. The molecular weight excluding hydrogens is 530 g/mol. The van der Waals surface area contributed by atoms with Crippen LogP contribution in [0.2, 0.25) is 0 Å². The molecule has 4 saturated carbocycles. The van der Waals surface area contributed by atoms with E-state index in [9.17, 15) is 13.6 Å². The van der Waals surface area contributed by atoms with E-state index >= 15 is 0 Å². The molecule has 4 heterocycles. The third-order valence-corrected chi connectivity index (χ3v) is 9.94. The predicted molar refractivity (Wildman–Crippen MR) is 143 cm³/mol. The molecule has 0 atom stereocenters. The molecule has 2 aliphatic heterocycles. The largest absolute Gasteiger partial charge is 0.364 e. The standard InChI is InChI=1S/C31H34F2N4O4/c32-31(33)15-19(16-31)12-26(38)37(23-3-1-2-22(13-23)24-14-25(40-35-24)20-4-5-20)17-29-8-10-30(11-9-29,39-18-29)28-34-27(36-41-28)21-6-7-21/h1-3,13-14,19-21H,4-12,15-18H2. The Bertz CT molecular complexity index is 1440. The number of carbonyl (C=O) groups excluding carboxylic acids is 1. The van der Waals surface area contributed by atoms with Crippen LogP contribution in [-0.4, -0.2) is 40.3 Å². The number of amides is 1. The minimum Gasteiger partial charge on any atom is -0.364 e. The molecule has 9 rings (SSSR count). The highest BCUT2D eigenvalue weighted by Crippen LogP contribution is 2.54. The molecular formula is C31H34F2N4O4. The van der Waals surface area contributed by atoms with Crippen molar-refractivity contribution >= 4 is 11.6 Å². The van der Waals surface area contributed by atoms with Crippen LogP contribution < -0.4 is 4.90 Å². The van der Waals surface area contributed by atoms with E-state index in [1.54, 1.807) is 4.90 Å². The first-order chi connectivity index (χ1) is 19.8. The molecule has 2 aromatic heterocycles. The summed E-state index contributed by atoms with van der Waals surface area (Å²) in [4.78, 5) is 20.3. The number of hydrogen-bond donors (Lipinski definition) is 0. The molecule has 10 heteroatoms. The fourth-order valence-corrected chi connectivity index (χ4v) is 6.93. The van der Waals surface area contributed by atoms with Gasteiger partial charge < -0.3 is 18.7 Å². The molecule has 216 valence electrons. The minimum atomic E-state index is -2.65. The summed E-state index contributed by atoms with van der Waals surface area (Å²) < 4.78 is 45.0. The van der Waals surface area contributed by atoms with Crippen LogP contribution in [0.25, 0.3) is 11.3 Å². The summed E-state index contributed by atoms with van der Waals surface area (Å²) in [6, 6.07) is 9.75. The average molecular weight is 565 g/mol. The van der Waals surface area contributed by atoms with E-state index in [4.69, 9.17) is 18.8 Å². The Balaban J connectivity index is 1.04. The Kier molecular flexibility index (Phi) is 5.72. The van der Waals surface area contributed by atoms with Crippen molar-refractivity contribution in [2.24, 2.45) is 11.3 Å². The molecule has 0 spiro atoms. The van der Waals surface area contributed by atoms with Crippen LogP contribution >= 0.6 is 0 Å². The molecule has 0 N–H and O–H groups in total. The van der Waals surface area contributed by atoms with Gasteiger partial charge in [-0.25, -0.2) is 8.78 Å². The molecule has 2 bridgehead atoms. The van der Waals surface area contributed by atoms with Gasteiger partial charge in [0.2, 0.25) is 11.8 Å². The smallest absolute Gasteiger partial charge is 0.258 e. The van der Waals surface area contributed by atoms with Crippen molar-refractivity contribution in [1.29, 1.82) is 0 Å². The van der Waals surface area contributed by atoms with E-state index in [0.717, 1.165) is 79.9 Å². The SMILES string of the molecule is O=C(CC1CC(F)(F)C1)N(CC12CCC(c3nc(C4CC4)no3)(CC1)OC2)c1cccc(-c2cc(C3CC3)on2)c1. The van der Waals surface area contributed by atoms with Crippen molar-refractivity contribution in [3.8, 4) is 11.3 Å². The average Bonchev–Trinajstić information content (AvgIpc) is 3.90. The zero-order valence-electron chi connectivity index (χ0n) is 23.0. The second-order valence-corrected chi connectivity index (χ2v) is 13.3. The van der Waals surface area contributed by atoms with E-state index in [1.807, 2.05) is 30.3 Å². The molecule has 0 unspecified atom stereocenters. The van der Waals surface area contributed by atoms with Crippen LogP contribution in [0.5, 0.6) is 0 Å². The molecule has 0 radical (unpaired) electrons. The summed E-state index contributed by atoms with van der Waals surface area (Å²) in [5, 5.41) is 8.49. The lowest BCUT2D eigenvalue weighted by Gasteiger charge is -2.52. The number of alkyl halides is 2. The van der Waals surface area contributed by atoms with Gasteiger partial charge in [-0.05, 0) is 69.4 Å². The Morgan fingerprint density at radius 1 is 0.976 bits per heavy atom. The van der Waals surface area contributed by atoms with Gasteiger partial charge in [-0.15, -0.1) is 0 Å². The van der Waals surface area contributed by atoms with Crippen LogP contribution in [0.3, 0.4) is 0 Å². The van der Waals surface area contributed by atoms with Gasteiger partial charge in [0, 0.05) is 60.4 Å². The number of halogens is 2. The van der Waals surface area contributed by atoms with Gasteiger partial charge in [-0.2, -0.15) is 4.98 Å². The lowest BCUT2D eigenvalue weighted by Crippen LogP contribution is -2.55. The number of carbonyl (C=O) groups is 1. The summed E-state index contributed by atoms with van der Waals surface area (Å²) in [5.74, 6) is 0.0685. The molecule has 4 aliphatic carbocycles. The van der Waals surface area contributed by atoms with E-state index in [0.29, 0.717) is 30.9 Å². The Morgan fingerprint density at radius 3 is 2.44 bits per heavy atom. The van der Waals surface area contributed by atoms with E-state index in [2.05, 4.69) is 10.3 Å². The third-order valence-electron chi connectivity index (χ3n) is 9.94. The highest BCUT2D eigenvalue weighted by molar-refractivity contribution is 5.94. The van der Waals surface area contributed by atoms with E-state index in [1.165, 1.54) is 0 Å². The molecule has 41 heavy (non-hydrogen) atoms. The van der Waals surface area contributed by atoms with Gasteiger partial charge in [0.1, 0.15) is 17.1 Å². The topological polar surface area (TPSA) is 94.5 Å². The number of nitrogens with zero attached hydrogens (tertiary/aromatic N) is 4. The van der Waals surface area contributed by atoms with E-state index in [-0.39, 0.29) is 36.5 Å². The predicted octanol–water partition coefficient (Wildman–Crippen LogP) is 6.73. The highest BCUT2D eigenvalue weighted by Gasteiger charge is 2.55. The monoisotopic (exact) mass is 564 g/mol. The lowest BCUT2D eigenvalue weighted by atomic mass is 9.65.